The number of halogens is 1. The number of ether oxygens (including phenoxy) is 2. The van der Waals surface area contributed by atoms with E-state index in [1.54, 1.807) is 51.1 Å². The summed E-state index contributed by atoms with van der Waals surface area (Å²) in [6.45, 7) is 5.40. The van der Waals surface area contributed by atoms with Crippen LogP contribution in [0.15, 0.2) is 65.6 Å². The molecule has 0 spiro atoms. The van der Waals surface area contributed by atoms with Crippen LogP contribution in [-0.4, -0.2) is 28.0 Å². The first-order valence-corrected chi connectivity index (χ1v) is 11.4. The molecule has 0 radical (unpaired) electrons. The fourth-order valence-electron chi connectivity index (χ4n) is 3.23. The molecule has 0 amide bonds. The molecule has 3 aromatic rings. The summed E-state index contributed by atoms with van der Waals surface area (Å²) in [7, 11) is -2.68. The molecule has 0 fully saturated rings. The van der Waals surface area contributed by atoms with Gasteiger partial charge in [0.1, 0.15) is 17.3 Å². The summed E-state index contributed by atoms with van der Waals surface area (Å²) in [5, 5.41) is 0. The van der Waals surface area contributed by atoms with E-state index in [1.807, 2.05) is 0 Å². The number of hydrogen-bond acceptors (Lipinski definition) is 5. The normalized spacial score (nSPS) is 11.2. The Kier molecular flexibility index (Phi) is 6.84. The lowest BCUT2D eigenvalue weighted by Crippen LogP contribution is -2.31. The highest BCUT2D eigenvalue weighted by atomic mass is 32.2. The van der Waals surface area contributed by atoms with Crippen LogP contribution in [-0.2, 0) is 14.8 Å². The van der Waals surface area contributed by atoms with Crippen molar-refractivity contribution in [3.63, 3.8) is 0 Å². The topological polar surface area (TPSA) is 72.9 Å². The third-order valence-electron chi connectivity index (χ3n) is 5.10. The van der Waals surface area contributed by atoms with E-state index in [0.29, 0.717) is 28.3 Å². The standard InChI is InChI=1S/C24H24FNO5S/c1-5-26(19-8-12-21(13-9-19)31-20-10-6-18(25)7-11-20)32(28,29)22-14-16(2)17(3)23(15-22)24(27)30-4/h6-15H,5H2,1-4H3. The second-order valence-electron chi connectivity index (χ2n) is 7.12. The molecule has 0 aliphatic heterocycles. The van der Waals surface area contributed by atoms with Gasteiger partial charge in [0.2, 0.25) is 0 Å². The van der Waals surface area contributed by atoms with Crippen molar-refractivity contribution >= 4 is 21.7 Å². The van der Waals surface area contributed by atoms with E-state index in [0.717, 1.165) is 0 Å². The van der Waals surface area contributed by atoms with Gasteiger partial charge >= 0.3 is 5.97 Å². The van der Waals surface area contributed by atoms with Crippen LogP contribution in [0.1, 0.15) is 28.4 Å². The summed E-state index contributed by atoms with van der Waals surface area (Å²) < 4.78 is 51.6. The number of rotatable bonds is 7. The molecule has 0 saturated carbocycles. The molecule has 0 aromatic heterocycles. The Morgan fingerprint density at radius 2 is 1.53 bits per heavy atom. The van der Waals surface area contributed by atoms with E-state index < -0.39 is 16.0 Å². The predicted molar refractivity (Wildman–Crippen MR) is 120 cm³/mol. The Morgan fingerprint density at radius 3 is 2.06 bits per heavy atom. The van der Waals surface area contributed by atoms with Crippen molar-refractivity contribution in [3.05, 3.63) is 83.2 Å². The molecular formula is C24H24FNO5S. The number of methoxy groups -OCH3 is 1. The first-order chi connectivity index (χ1) is 15.2. The second-order valence-corrected chi connectivity index (χ2v) is 8.99. The number of carbonyl (C=O) groups excluding carboxylic acids is 1. The van der Waals surface area contributed by atoms with Crippen LogP contribution < -0.4 is 9.04 Å². The number of anilines is 1. The average molecular weight is 458 g/mol. The molecule has 0 bridgehead atoms. The third kappa shape index (κ3) is 4.75. The van der Waals surface area contributed by atoms with Crippen molar-refractivity contribution in [1.82, 2.24) is 0 Å². The number of benzene rings is 3. The molecule has 3 rings (SSSR count). The molecule has 32 heavy (non-hydrogen) atoms. The van der Waals surface area contributed by atoms with Gasteiger partial charge in [-0.15, -0.1) is 0 Å². The first-order valence-electron chi connectivity index (χ1n) is 9.93. The zero-order valence-corrected chi connectivity index (χ0v) is 19.1. The number of aryl methyl sites for hydroxylation is 1. The minimum Gasteiger partial charge on any atom is -0.465 e. The largest absolute Gasteiger partial charge is 0.465 e. The highest BCUT2D eigenvalue weighted by Gasteiger charge is 2.26. The van der Waals surface area contributed by atoms with Crippen molar-refractivity contribution < 1.29 is 27.1 Å². The lowest BCUT2D eigenvalue weighted by molar-refractivity contribution is 0.0599. The number of esters is 1. The number of sulfonamides is 1. The van der Waals surface area contributed by atoms with Gasteiger partial charge in [0.05, 0.1) is 23.3 Å². The highest BCUT2D eigenvalue weighted by molar-refractivity contribution is 7.92. The molecule has 168 valence electrons. The van der Waals surface area contributed by atoms with Crippen LogP contribution in [0.2, 0.25) is 0 Å². The molecule has 0 saturated heterocycles. The Labute approximate surface area is 187 Å². The van der Waals surface area contributed by atoms with Crippen molar-refractivity contribution in [2.75, 3.05) is 18.0 Å². The van der Waals surface area contributed by atoms with Crippen molar-refractivity contribution in [3.8, 4) is 11.5 Å². The van der Waals surface area contributed by atoms with Gasteiger partial charge in [0.15, 0.2) is 0 Å². The van der Waals surface area contributed by atoms with E-state index >= 15 is 0 Å². The lowest BCUT2D eigenvalue weighted by Gasteiger charge is -2.24. The zero-order valence-electron chi connectivity index (χ0n) is 18.3. The Morgan fingerprint density at radius 1 is 0.969 bits per heavy atom. The molecule has 0 heterocycles. The SMILES string of the molecule is CCN(c1ccc(Oc2ccc(F)cc2)cc1)S(=O)(=O)c1cc(C)c(C)c(C(=O)OC)c1. The molecular weight excluding hydrogens is 433 g/mol. The first kappa shape index (κ1) is 23.3. The molecule has 0 atom stereocenters. The van der Waals surface area contributed by atoms with Gasteiger partial charge in [-0.1, -0.05) is 0 Å². The van der Waals surface area contributed by atoms with Crippen molar-refractivity contribution in [2.45, 2.75) is 25.7 Å². The van der Waals surface area contributed by atoms with E-state index in [1.165, 1.54) is 41.7 Å². The summed E-state index contributed by atoms with van der Waals surface area (Å²) in [4.78, 5) is 12.1. The minimum atomic E-state index is -3.94. The van der Waals surface area contributed by atoms with E-state index in [4.69, 9.17) is 9.47 Å². The van der Waals surface area contributed by atoms with Crippen LogP contribution in [0.4, 0.5) is 10.1 Å². The predicted octanol–water partition coefficient (Wildman–Crippen LogP) is 5.24. The van der Waals surface area contributed by atoms with Crippen LogP contribution >= 0.6 is 0 Å². The van der Waals surface area contributed by atoms with Crippen LogP contribution in [0.25, 0.3) is 0 Å². The average Bonchev–Trinajstić information content (AvgIpc) is 2.78. The van der Waals surface area contributed by atoms with Gasteiger partial charge in [-0.2, -0.15) is 0 Å². The molecule has 6 nitrogen and oxygen atoms in total. The fourth-order valence-corrected chi connectivity index (χ4v) is 4.82. The number of hydrogen-bond donors (Lipinski definition) is 0. The number of carbonyl (C=O) groups is 1. The molecule has 8 heteroatoms. The Hall–Kier alpha value is -3.39. The summed E-state index contributed by atoms with van der Waals surface area (Å²) in [5.74, 6) is -0.0104. The van der Waals surface area contributed by atoms with Gasteiger partial charge in [0, 0.05) is 6.54 Å². The van der Waals surface area contributed by atoms with Gasteiger partial charge in [-0.3, -0.25) is 4.31 Å². The summed E-state index contributed by atoms with van der Waals surface area (Å²) >= 11 is 0. The van der Waals surface area contributed by atoms with Gasteiger partial charge in [0.25, 0.3) is 10.0 Å². The van der Waals surface area contributed by atoms with E-state index in [2.05, 4.69) is 0 Å². The summed E-state index contributed by atoms with van der Waals surface area (Å²) in [6.07, 6.45) is 0. The Bertz CT molecular complexity index is 1220. The lowest BCUT2D eigenvalue weighted by atomic mass is 10.0. The number of nitrogens with zero attached hydrogens (tertiary/aromatic N) is 1. The van der Waals surface area contributed by atoms with Crippen LogP contribution in [0.5, 0.6) is 11.5 Å². The quantitative estimate of drug-likeness (QED) is 0.454. The Balaban J connectivity index is 1.92. The van der Waals surface area contributed by atoms with Crippen molar-refractivity contribution in [2.24, 2.45) is 0 Å². The van der Waals surface area contributed by atoms with Gasteiger partial charge in [-0.25, -0.2) is 17.6 Å². The maximum atomic E-state index is 13.4. The molecule has 3 aromatic carbocycles. The highest BCUT2D eigenvalue weighted by Crippen LogP contribution is 2.29. The smallest absolute Gasteiger partial charge is 0.338 e. The fraction of sp³-hybridized carbons (Fsp3) is 0.208. The van der Waals surface area contributed by atoms with E-state index in [9.17, 15) is 17.6 Å². The summed E-state index contributed by atoms with van der Waals surface area (Å²) in [6, 6.07) is 15.0. The van der Waals surface area contributed by atoms with Crippen LogP contribution in [0, 0.1) is 19.7 Å². The molecule has 0 N–H and O–H groups in total. The van der Waals surface area contributed by atoms with Gasteiger partial charge in [-0.05, 0) is 92.6 Å². The summed E-state index contributed by atoms with van der Waals surface area (Å²) in [5.41, 5.74) is 1.99. The van der Waals surface area contributed by atoms with E-state index in [-0.39, 0.29) is 22.8 Å². The molecule has 0 aliphatic carbocycles. The van der Waals surface area contributed by atoms with Crippen molar-refractivity contribution in [1.29, 1.82) is 0 Å². The third-order valence-corrected chi connectivity index (χ3v) is 6.98. The maximum absolute atomic E-state index is 13.4. The van der Waals surface area contributed by atoms with Crippen LogP contribution in [0.3, 0.4) is 0 Å². The van der Waals surface area contributed by atoms with Gasteiger partial charge < -0.3 is 9.47 Å². The molecule has 0 aliphatic rings. The maximum Gasteiger partial charge on any atom is 0.338 e. The molecule has 0 unspecified atom stereocenters. The monoisotopic (exact) mass is 457 g/mol. The second kappa shape index (κ2) is 9.40. The zero-order chi connectivity index (χ0) is 23.5. The minimum absolute atomic E-state index is 0.00879.